The summed E-state index contributed by atoms with van der Waals surface area (Å²) >= 11 is 0. The number of benzene rings is 3. The summed E-state index contributed by atoms with van der Waals surface area (Å²) in [5.41, 5.74) is 2.86. The first-order chi connectivity index (χ1) is 18.2. The SMILES string of the molecule is Cc1cc(CCNC(=O)[C@H](CC(=O)OCc2ccccc2)NC(=O)/C=C/c2ccc(O)c(O)c2)ccc1O. The van der Waals surface area contributed by atoms with Crippen LogP contribution in [0.2, 0.25) is 0 Å². The minimum absolute atomic E-state index is 0.0341. The number of aryl methyl sites for hydroxylation is 1. The standard InChI is InChI=1S/C29H30N2O7/c1-19-15-21(7-10-24(19)32)13-14-30-29(37)23(17-28(36)38-18-22-5-3-2-4-6-22)31-27(35)12-9-20-8-11-25(33)26(34)16-20/h2-12,15-16,23,32-34H,13-14,17-18H2,1H3,(H,30,37)(H,31,35)/b12-9+/t23-/m0/s1. The third-order valence-corrected chi connectivity index (χ3v) is 5.65. The second kappa shape index (κ2) is 13.5. The van der Waals surface area contributed by atoms with E-state index in [1.165, 1.54) is 24.3 Å². The highest BCUT2D eigenvalue weighted by Crippen LogP contribution is 2.25. The summed E-state index contributed by atoms with van der Waals surface area (Å²) < 4.78 is 5.28. The van der Waals surface area contributed by atoms with Crippen molar-refractivity contribution < 1.29 is 34.4 Å². The van der Waals surface area contributed by atoms with Gasteiger partial charge < -0.3 is 30.7 Å². The first-order valence-corrected chi connectivity index (χ1v) is 12.0. The van der Waals surface area contributed by atoms with Crippen molar-refractivity contribution in [1.29, 1.82) is 0 Å². The van der Waals surface area contributed by atoms with Crippen LogP contribution in [0, 0.1) is 6.92 Å². The zero-order chi connectivity index (χ0) is 27.5. The van der Waals surface area contributed by atoms with Gasteiger partial charge in [-0.15, -0.1) is 0 Å². The number of carbonyl (C=O) groups excluding carboxylic acids is 3. The van der Waals surface area contributed by atoms with Crippen LogP contribution in [-0.2, 0) is 32.1 Å². The van der Waals surface area contributed by atoms with Crippen LogP contribution in [0.3, 0.4) is 0 Å². The summed E-state index contributed by atoms with van der Waals surface area (Å²) in [6, 6.07) is 17.1. The van der Waals surface area contributed by atoms with E-state index in [2.05, 4.69) is 10.6 Å². The Hall–Kier alpha value is -4.79. The summed E-state index contributed by atoms with van der Waals surface area (Å²) in [4.78, 5) is 37.9. The molecule has 0 spiro atoms. The van der Waals surface area contributed by atoms with Gasteiger partial charge in [0.2, 0.25) is 11.8 Å². The predicted molar refractivity (Wildman–Crippen MR) is 141 cm³/mol. The maximum Gasteiger partial charge on any atom is 0.308 e. The molecule has 0 saturated carbocycles. The van der Waals surface area contributed by atoms with Crippen LogP contribution in [0.1, 0.15) is 28.7 Å². The van der Waals surface area contributed by atoms with Gasteiger partial charge in [0, 0.05) is 12.6 Å². The third-order valence-electron chi connectivity index (χ3n) is 5.65. The second-order valence-electron chi connectivity index (χ2n) is 8.65. The molecule has 0 unspecified atom stereocenters. The Balaban J connectivity index is 1.62. The van der Waals surface area contributed by atoms with Gasteiger partial charge >= 0.3 is 5.97 Å². The van der Waals surface area contributed by atoms with Crippen LogP contribution in [0.4, 0.5) is 0 Å². The van der Waals surface area contributed by atoms with Crippen LogP contribution >= 0.6 is 0 Å². The van der Waals surface area contributed by atoms with Gasteiger partial charge in [-0.1, -0.05) is 48.5 Å². The first kappa shape index (κ1) is 27.8. The fourth-order valence-corrected chi connectivity index (χ4v) is 3.54. The zero-order valence-electron chi connectivity index (χ0n) is 20.9. The molecule has 3 rings (SSSR count). The molecule has 0 heterocycles. The lowest BCUT2D eigenvalue weighted by molar-refractivity contribution is -0.147. The monoisotopic (exact) mass is 518 g/mol. The lowest BCUT2D eigenvalue weighted by atomic mass is 10.1. The van der Waals surface area contributed by atoms with E-state index < -0.39 is 23.8 Å². The van der Waals surface area contributed by atoms with E-state index in [4.69, 9.17) is 4.74 Å². The van der Waals surface area contributed by atoms with Crippen LogP contribution in [0.25, 0.3) is 6.08 Å². The highest BCUT2D eigenvalue weighted by Gasteiger charge is 2.24. The Morgan fingerprint density at radius 1 is 0.895 bits per heavy atom. The molecule has 38 heavy (non-hydrogen) atoms. The van der Waals surface area contributed by atoms with Gasteiger partial charge in [-0.25, -0.2) is 0 Å². The number of hydrogen-bond donors (Lipinski definition) is 5. The zero-order valence-corrected chi connectivity index (χ0v) is 20.9. The molecule has 1 atom stereocenters. The number of rotatable bonds is 11. The Labute approximate surface area is 220 Å². The van der Waals surface area contributed by atoms with Crippen molar-refractivity contribution in [2.75, 3.05) is 6.54 Å². The number of esters is 1. The quantitative estimate of drug-likeness (QED) is 0.149. The lowest BCUT2D eigenvalue weighted by Crippen LogP contribution is -2.48. The van der Waals surface area contributed by atoms with Crippen molar-refractivity contribution in [3.63, 3.8) is 0 Å². The smallest absolute Gasteiger partial charge is 0.308 e. The fourth-order valence-electron chi connectivity index (χ4n) is 3.54. The van der Waals surface area contributed by atoms with Crippen LogP contribution < -0.4 is 10.6 Å². The van der Waals surface area contributed by atoms with E-state index in [-0.39, 0.29) is 36.8 Å². The van der Waals surface area contributed by atoms with Crippen LogP contribution in [-0.4, -0.2) is 45.7 Å². The predicted octanol–water partition coefficient (Wildman–Crippen LogP) is 3.10. The molecule has 0 fully saturated rings. The largest absolute Gasteiger partial charge is 0.508 e. The molecule has 5 N–H and O–H groups in total. The Bertz CT molecular complexity index is 1310. The molecule has 0 saturated heterocycles. The number of phenols is 3. The summed E-state index contributed by atoms with van der Waals surface area (Å²) in [6.07, 6.45) is 2.65. The van der Waals surface area contributed by atoms with Gasteiger partial charge in [-0.05, 0) is 59.9 Å². The Kier molecular flexibility index (Phi) is 9.87. The van der Waals surface area contributed by atoms with Crippen molar-refractivity contribution in [2.24, 2.45) is 0 Å². The highest BCUT2D eigenvalue weighted by molar-refractivity contribution is 5.96. The number of ether oxygens (including phenoxy) is 1. The Morgan fingerprint density at radius 3 is 2.34 bits per heavy atom. The van der Waals surface area contributed by atoms with Crippen LogP contribution in [0.15, 0.2) is 72.8 Å². The Morgan fingerprint density at radius 2 is 1.63 bits per heavy atom. The fraction of sp³-hybridized carbons (Fsp3) is 0.207. The van der Waals surface area contributed by atoms with Crippen molar-refractivity contribution >= 4 is 23.9 Å². The molecule has 0 aliphatic rings. The number of aromatic hydroxyl groups is 3. The average molecular weight is 519 g/mol. The van der Waals surface area contributed by atoms with Crippen LogP contribution in [0.5, 0.6) is 17.2 Å². The molecule has 2 amide bonds. The molecule has 3 aromatic carbocycles. The number of phenolic OH excluding ortho intramolecular Hbond substituents is 3. The summed E-state index contributed by atoms with van der Waals surface area (Å²) in [6.45, 7) is 2.06. The third kappa shape index (κ3) is 8.70. The maximum atomic E-state index is 12.9. The highest BCUT2D eigenvalue weighted by atomic mass is 16.5. The van der Waals surface area contributed by atoms with E-state index in [0.29, 0.717) is 17.5 Å². The topological polar surface area (TPSA) is 145 Å². The minimum atomic E-state index is -1.19. The molecule has 0 aromatic heterocycles. The molecule has 0 aliphatic heterocycles. The van der Waals surface area contributed by atoms with Gasteiger partial charge in [-0.3, -0.25) is 14.4 Å². The first-order valence-electron chi connectivity index (χ1n) is 12.0. The number of hydrogen-bond acceptors (Lipinski definition) is 7. The molecule has 0 aliphatic carbocycles. The minimum Gasteiger partial charge on any atom is -0.508 e. The summed E-state index contributed by atoms with van der Waals surface area (Å²) in [5.74, 6) is -2.29. The van der Waals surface area contributed by atoms with Crippen molar-refractivity contribution in [3.05, 3.63) is 95.1 Å². The van der Waals surface area contributed by atoms with Crippen molar-refractivity contribution in [2.45, 2.75) is 32.4 Å². The van der Waals surface area contributed by atoms with Gasteiger partial charge in [-0.2, -0.15) is 0 Å². The van der Waals surface area contributed by atoms with Crippen molar-refractivity contribution in [3.8, 4) is 17.2 Å². The normalized spacial score (nSPS) is 11.6. The van der Waals surface area contributed by atoms with Gasteiger partial charge in [0.25, 0.3) is 0 Å². The molecule has 0 bridgehead atoms. The summed E-state index contributed by atoms with van der Waals surface area (Å²) in [5, 5.41) is 34.0. The van der Waals surface area contributed by atoms with Gasteiger partial charge in [0.1, 0.15) is 18.4 Å². The number of nitrogens with one attached hydrogen (secondary N) is 2. The molecule has 9 nitrogen and oxygen atoms in total. The van der Waals surface area contributed by atoms with E-state index in [1.807, 2.05) is 24.3 Å². The van der Waals surface area contributed by atoms with E-state index in [1.54, 1.807) is 31.2 Å². The second-order valence-corrected chi connectivity index (χ2v) is 8.65. The number of amides is 2. The molecule has 0 radical (unpaired) electrons. The van der Waals surface area contributed by atoms with E-state index >= 15 is 0 Å². The number of carbonyl (C=O) groups is 3. The molecule has 3 aromatic rings. The van der Waals surface area contributed by atoms with Gasteiger partial charge in [0.05, 0.1) is 6.42 Å². The molecule has 9 heteroatoms. The average Bonchev–Trinajstić information content (AvgIpc) is 2.90. The molecular formula is C29H30N2O7. The van der Waals surface area contributed by atoms with Gasteiger partial charge in [0.15, 0.2) is 11.5 Å². The molecular weight excluding hydrogens is 488 g/mol. The summed E-state index contributed by atoms with van der Waals surface area (Å²) in [7, 11) is 0. The van der Waals surface area contributed by atoms with Crippen molar-refractivity contribution in [1.82, 2.24) is 10.6 Å². The molecule has 198 valence electrons. The van der Waals surface area contributed by atoms with E-state index in [0.717, 1.165) is 17.2 Å². The lowest BCUT2D eigenvalue weighted by Gasteiger charge is -2.17. The maximum absolute atomic E-state index is 12.9. The van der Waals surface area contributed by atoms with E-state index in [9.17, 15) is 29.7 Å².